The van der Waals surface area contributed by atoms with Gasteiger partial charge in [-0.1, -0.05) is 13.8 Å². The molecule has 1 heterocycles. The molecule has 0 unspecified atom stereocenters. The first-order valence-corrected chi connectivity index (χ1v) is 7.81. The van der Waals surface area contributed by atoms with E-state index < -0.39 is 12.0 Å². The number of halogens is 1. The van der Waals surface area contributed by atoms with Crippen molar-refractivity contribution in [2.24, 2.45) is 5.92 Å². The number of nitrogens with one attached hydrogen (secondary N) is 1. The van der Waals surface area contributed by atoms with Crippen molar-refractivity contribution in [2.45, 2.75) is 32.9 Å². The van der Waals surface area contributed by atoms with Gasteiger partial charge in [-0.05, 0) is 46.0 Å². The van der Waals surface area contributed by atoms with Gasteiger partial charge in [0.15, 0.2) is 11.5 Å². The van der Waals surface area contributed by atoms with Gasteiger partial charge in [0.05, 0.1) is 4.47 Å². The molecule has 0 aliphatic carbocycles. The second-order valence-corrected chi connectivity index (χ2v) is 6.36. The van der Waals surface area contributed by atoms with Crippen LogP contribution in [0, 0.1) is 5.92 Å². The van der Waals surface area contributed by atoms with Crippen molar-refractivity contribution >= 4 is 21.9 Å². The minimum Gasteiger partial charge on any atom is -0.486 e. The number of carboxylic acid groups (broad SMARTS) is 1. The number of carboxylic acids is 1. The molecule has 21 heavy (non-hydrogen) atoms. The Bertz CT molecular complexity index is 519. The molecule has 2 rings (SSSR count). The van der Waals surface area contributed by atoms with E-state index >= 15 is 0 Å². The minimum absolute atomic E-state index is 0.325. The predicted octanol–water partition coefficient (Wildman–Crippen LogP) is 2.81. The van der Waals surface area contributed by atoms with Crippen LogP contribution in [0.25, 0.3) is 0 Å². The lowest BCUT2D eigenvalue weighted by atomic mass is 10.0. The molecule has 0 saturated carbocycles. The maximum atomic E-state index is 11.2. The van der Waals surface area contributed by atoms with Crippen LogP contribution < -0.4 is 14.8 Å². The molecular formula is C15H20BrNO4. The maximum Gasteiger partial charge on any atom is 0.320 e. The quantitative estimate of drug-likeness (QED) is 0.819. The van der Waals surface area contributed by atoms with Crippen LogP contribution >= 0.6 is 15.9 Å². The normalized spacial score (nSPS) is 15.0. The Morgan fingerprint density at radius 1 is 1.38 bits per heavy atom. The number of rotatable bonds is 6. The van der Waals surface area contributed by atoms with Gasteiger partial charge in [0.1, 0.15) is 19.3 Å². The SMILES string of the molecule is CC(C)C[C@@H](NCc1cc(Br)c2c(c1)OCCO2)C(=O)O. The van der Waals surface area contributed by atoms with Crippen LogP contribution in [0.4, 0.5) is 0 Å². The molecule has 1 aliphatic rings. The number of hydrogen-bond acceptors (Lipinski definition) is 4. The zero-order valence-corrected chi connectivity index (χ0v) is 13.8. The smallest absolute Gasteiger partial charge is 0.320 e. The van der Waals surface area contributed by atoms with Crippen LogP contribution in [0.2, 0.25) is 0 Å². The molecule has 1 aromatic rings. The summed E-state index contributed by atoms with van der Waals surface area (Å²) >= 11 is 3.46. The molecule has 0 bridgehead atoms. The number of aliphatic carboxylic acids is 1. The van der Waals surface area contributed by atoms with Crippen LogP contribution in [0.3, 0.4) is 0 Å². The first-order valence-electron chi connectivity index (χ1n) is 7.01. The first-order chi connectivity index (χ1) is 9.97. The highest BCUT2D eigenvalue weighted by Gasteiger charge is 2.20. The zero-order chi connectivity index (χ0) is 15.4. The summed E-state index contributed by atoms with van der Waals surface area (Å²) in [6.07, 6.45) is 0.598. The summed E-state index contributed by atoms with van der Waals surface area (Å²) in [4.78, 5) is 11.2. The van der Waals surface area contributed by atoms with E-state index in [0.29, 0.717) is 43.6 Å². The van der Waals surface area contributed by atoms with E-state index in [1.54, 1.807) is 0 Å². The third-order valence-electron chi connectivity index (χ3n) is 3.21. The molecule has 5 nitrogen and oxygen atoms in total. The summed E-state index contributed by atoms with van der Waals surface area (Å²) in [6.45, 7) is 5.57. The molecule has 0 fully saturated rings. The predicted molar refractivity (Wildman–Crippen MR) is 82.9 cm³/mol. The number of hydrogen-bond donors (Lipinski definition) is 2. The van der Waals surface area contributed by atoms with Crippen LogP contribution in [0.1, 0.15) is 25.8 Å². The lowest BCUT2D eigenvalue weighted by molar-refractivity contribution is -0.140. The van der Waals surface area contributed by atoms with E-state index in [0.717, 1.165) is 10.0 Å². The maximum absolute atomic E-state index is 11.2. The molecule has 1 aromatic carbocycles. The molecule has 0 spiro atoms. The van der Waals surface area contributed by atoms with Crippen molar-refractivity contribution in [3.63, 3.8) is 0 Å². The van der Waals surface area contributed by atoms with Crippen LogP contribution in [-0.4, -0.2) is 30.3 Å². The van der Waals surface area contributed by atoms with Gasteiger partial charge in [0.25, 0.3) is 0 Å². The Morgan fingerprint density at radius 2 is 2.10 bits per heavy atom. The van der Waals surface area contributed by atoms with Gasteiger partial charge in [-0.15, -0.1) is 0 Å². The van der Waals surface area contributed by atoms with Crippen LogP contribution in [-0.2, 0) is 11.3 Å². The molecule has 0 amide bonds. The Morgan fingerprint density at radius 3 is 2.76 bits per heavy atom. The van der Waals surface area contributed by atoms with E-state index in [1.165, 1.54) is 0 Å². The number of fused-ring (bicyclic) bond motifs is 1. The van der Waals surface area contributed by atoms with Gasteiger partial charge >= 0.3 is 5.97 Å². The van der Waals surface area contributed by atoms with Gasteiger partial charge in [-0.3, -0.25) is 4.79 Å². The first kappa shape index (κ1) is 16.1. The van der Waals surface area contributed by atoms with Gasteiger partial charge in [0.2, 0.25) is 0 Å². The molecule has 1 aliphatic heterocycles. The Labute approximate surface area is 132 Å². The Balaban J connectivity index is 2.05. The molecule has 6 heteroatoms. The lowest BCUT2D eigenvalue weighted by Crippen LogP contribution is -2.37. The van der Waals surface area contributed by atoms with Crippen molar-refractivity contribution in [2.75, 3.05) is 13.2 Å². The summed E-state index contributed by atoms with van der Waals surface area (Å²) in [5.41, 5.74) is 0.959. The number of benzene rings is 1. The second kappa shape index (κ2) is 7.13. The van der Waals surface area contributed by atoms with E-state index in [1.807, 2.05) is 26.0 Å². The fraction of sp³-hybridized carbons (Fsp3) is 0.533. The molecule has 2 N–H and O–H groups in total. The van der Waals surface area contributed by atoms with E-state index in [2.05, 4.69) is 21.2 Å². The van der Waals surface area contributed by atoms with Gasteiger partial charge in [-0.25, -0.2) is 0 Å². The summed E-state index contributed by atoms with van der Waals surface area (Å²) in [7, 11) is 0. The Hall–Kier alpha value is -1.27. The van der Waals surface area contributed by atoms with Gasteiger partial charge in [0, 0.05) is 6.54 Å². The fourth-order valence-electron chi connectivity index (χ4n) is 2.25. The number of ether oxygens (including phenoxy) is 2. The highest BCUT2D eigenvalue weighted by molar-refractivity contribution is 9.10. The van der Waals surface area contributed by atoms with E-state index in [9.17, 15) is 9.90 Å². The standard InChI is InChI=1S/C15H20BrNO4/c1-9(2)5-12(15(18)19)17-8-10-6-11(16)14-13(7-10)20-3-4-21-14/h6-7,9,12,17H,3-5,8H2,1-2H3,(H,18,19)/t12-/m1/s1. The molecule has 0 aromatic heterocycles. The topological polar surface area (TPSA) is 67.8 Å². The molecule has 116 valence electrons. The van der Waals surface area contributed by atoms with E-state index in [-0.39, 0.29) is 0 Å². The van der Waals surface area contributed by atoms with Gasteiger partial charge in [-0.2, -0.15) is 0 Å². The van der Waals surface area contributed by atoms with Gasteiger partial charge < -0.3 is 19.9 Å². The average molecular weight is 358 g/mol. The molecule has 0 saturated heterocycles. The average Bonchev–Trinajstić information content (AvgIpc) is 2.43. The van der Waals surface area contributed by atoms with Crippen molar-refractivity contribution in [3.05, 3.63) is 22.2 Å². The molecule has 1 atom stereocenters. The summed E-state index contributed by atoms with van der Waals surface area (Å²) in [5.74, 6) is 0.913. The highest BCUT2D eigenvalue weighted by atomic mass is 79.9. The highest BCUT2D eigenvalue weighted by Crippen LogP contribution is 2.38. The van der Waals surface area contributed by atoms with Crippen LogP contribution in [0.5, 0.6) is 11.5 Å². The zero-order valence-electron chi connectivity index (χ0n) is 12.2. The third-order valence-corrected chi connectivity index (χ3v) is 3.80. The monoisotopic (exact) mass is 357 g/mol. The number of carbonyl (C=O) groups is 1. The summed E-state index contributed by atoms with van der Waals surface area (Å²) in [5, 5.41) is 12.3. The van der Waals surface area contributed by atoms with Crippen molar-refractivity contribution in [1.29, 1.82) is 0 Å². The summed E-state index contributed by atoms with van der Waals surface area (Å²) < 4.78 is 11.9. The molecule has 0 radical (unpaired) electrons. The fourth-order valence-corrected chi connectivity index (χ4v) is 2.85. The molecular weight excluding hydrogens is 338 g/mol. The van der Waals surface area contributed by atoms with E-state index in [4.69, 9.17) is 9.47 Å². The van der Waals surface area contributed by atoms with Crippen LogP contribution in [0.15, 0.2) is 16.6 Å². The largest absolute Gasteiger partial charge is 0.486 e. The lowest BCUT2D eigenvalue weighted by Gasteiger charge is -2.21. The van der Waals surface area contributed by atoms with Crippen molar-refractivity contribution in [1.82, 2.24) is 5.32 Å². The summed E-state index contributed by atoms with van der Waals surface area (Å²) in [6, 6.07) is 3.27. The van der Waals surface area contributed by atoms with Crippen molar-refractivity contribution < 1.29 is 19.4 Å². The second-order valence-electron chi connectivity index (χ2n) is 5.50. The Kier molecular flexibility index (Phi) is 5.47. The minimum atomic E-state index is -0.819. The third kappa shape index (κ3) is 4.35. The van der Waals surface area contributed by atoms with Crippen molar-refractivity contribution in [3.8, 4) is 11.5 Å².